The molecule has 0 aromatic heterocycles. The van der Waals surface area contributed by atoms with Crippen LogP contribution in [-0.2, 0) is 4.74 Å². The van der Waals surface area contributed by atoms with E-state index in [1.807, 2.05) is 12.1 Å². The number of hydrogen-bond acceptors (Lipinski definition) is 4. The summed E-state index contributed by atoms with van der Waals surface area (Å²) in [7, 11) is 1.35. The van der Waals surface area contributed by atoms with E-state index in [2.05, 4.69) is 10.2 Å². The second kappa shape index (κ2) is 7.86. The number of nitrogens with one attached hydrogen (secondary N) is 1. The molecule has 0 saturated carbocycles. The minimum Gasteiger partial charge on any atom is -0.465 e. The molecule has 136 valence electrons. The fourth-order valence-corrected chi connectivity index (χ4v) is 2.86. The summed E-state index contributed by atoms with van der Waals surface area (Å²) in [6.07, 6.45) is 0. The summed E-state index contributed by atoms with van der Waals surface area (Å²) in [4.78, 5) is 27.6. The molecule has 0 spiro atoms. The van der Waals surface area contributed by atoms with Crippen molar-refractivity contribution in [3.05, 3.63) is 59.9 Å². The largest absolute Gasteiger partial charge is 0.465 e. The molecule has 0 bridgehead atoms. The average molecular weight is 357 g/mol. The lowest BCUT2D eigenvalue weighted by molar-refractivity contribution is 0.0600. The van der Waals surface area contributed by atoms with Gasteiger partial charge in [0, 0.05) is 37.6 Å². The van der Waals surface area contributed by atoms with E-state index in [0.717, 1.165) is 5.69 Å². The van der Waals surface area contributed by atoms with Crippen molar-refractivity contribution >= 4 is 23.4 Å². The molecule has 1 N–H and O–H groups in total. The third-order valence-corrected chi connectivity index (χ3v) is 4.30. The third kappa shape index (κ3) is 4.11. The van der Waals surface area contributed by atoms with Crippen molar-refractivity contribution < 1.29 is 18.7 Å². The number of halogens is 1. The number of benzene rings is 2. The van der Waals surface area contributed by atoms with E-state index >= 15 is 0 Å². The Morgan fingerprint density at radius 1 is 1.04 bits per heavy atom. The Morgan fingerprint density at radius 2 is 1.73 bits per heavy atom. The van der Waals surface area contributed by atoms with Crippen LogP contribution in [0.3, 0.4) is 0 Å². The van der Waals surface area contributed by atoms with Crippen LogP contribution in [-0.4, -0.2) is 50.2 Å². The van der Waals surface area contributed by atoms with Gasteiger partial charge in [-0.25, -0.2) is 14.0 Å². The standard InChI is InChI=1S/C19H20FN3O3/c1-26-18(24)14-5-7-17(8-6-14)22-9-11-23(12-10-22)19(25)21-16-4-2-3-15(20)13-16/h2-8,13H,9-12H2,1H3,(H,21,25). The van der Waals surface area contributed by atoms with Crippen LogP contribution in [0, 0.1) is 5.82 Å². The Labute approximate surface area is 151 Å². The molecule has 1 aliphatic heterocycles. The number of amides is 2. The maximum absolute atomic E-state index is 13.2. The number of methoxy groups -OCH3 is 1. The van der Waals surface area contributed by atoms with Crippen LogP contribution in [0.5, 0.6) is 0 Å². The van der Waals surface area contributed by atoms with Crippen LogP contribution in [0.25, 0.3) is 0 Å². The van der Waals surface area contributed by atoms with Crippen molar-refractivity contribution in [2.24, 2.45) is 0 Å². The number of esters is 1. The molecule has 0 aliphatic carbocycles. The van der Waals surface area contributed by atoms with Gasteiger partial charge in [-0.3, -0.25) is 0 Å². The lowest BCUT2D eigenvalue weighted by Gasteiger charge is -2.36. The molecule has 2 aromatic rings. The SMILES string of the molecule is COC(=O)c1ccc(N2CCN(C(=O)Nc3cccc(F)c3)CC2)cc1. The first-order valence-electron chi connectivity index (χ1n) is 8.31. The summed E-state index contributed by atoms with van der Waals surface area (Å²) in [5.41, 5.74) is 1.93. The van der Waals surface area contributed by atoms with E-state index in [1.165, 1.54) is 19.2 Å². The van der Waals surface area contributed by atoms with Crippen LogP contribution in [0.15, 0.2) is 48.5 Å². The Hall–Kier alpha value is -3.09. The molecule has 3 rings (SSSR count). The lowest BCUT2D eigenvalue weighted by atomic mass is 10.2. The Balaban J connectivity index is 1.55. The second-order valence-electron chi connectivity index (χ2n) is 5.95. The van der Waals surface area contributed by atoms with E-state index in [-0.39, 0.29) is 17.8 Å². The molecule has 26 heavy (non-hydrogen) atoms. The van der Waals surface area contributed by atoms with E-state index in [1.54, 1.807) is 29.2 Å². The predicted octanol–water partition coefficient (Wildman–Crippen LogP) is 2.97. The normalized spacial score (nSPS) is 14.1. The molecule has 1 fully saturated rings. The highest BCUT2D eigenvalue weighted by atomic mass is 19.1. The van der Waals surface area contributed by atoms with Crippen molar-refractivity contribution in [1.29, 1.82) is 0 Å². The van der Waals surface area contributed by atoms with E-state index in [4.69, 9.17) is 4.74 Å². The zero-order valence-corrected chi connectivity index (χ0v) is 14.4. The van der Waals surface area contributed by atoms with Gasteiger partial charge >= 0.3 is 12.0 Å². The molecule has 0 atom stereocenters. The average Bonchev–Trinajstić information content (AvgIpc) is 2.67. The van der Waals surface area contributed by atoms with Crippen molar-refractivity contribution in [2.75, 3.05) is 43.5 Å². The smallest absolute Gasteiger partial charge is 0.337 e. The summed E-state index contributed by atoms with van der Waals surface area (Å²) in [5, 5.41) is 2.71. The number of carbonyl (C=O) groups excluding carboxylic acids is 2. The second-order valence-corrected chi connectivity index (χ2v) is 5.95. The highest BCUT2D eigenvalue weighted by Gasteiger charge is 2.21. The van der Waals surface area contributed by atoms with Gasteiger partial charge in [0.15, 0.2) is 0 Å². The van der Waals surface area contributed by atoms with Gasteiger partial charge in [0.2, 0.25) is 0 Å². The van der Waals surface area contributed by atoms with Crippen molar-refractivity contribution in [3.8, 4) is 0 Å². The first-order chi connectivity index (χ1) is 12.6. The highest BCUT2D eigenvalue weighted by Crippen LogP contribution is 2.18. The van der Waals surface area contributed by atoms with Crippen LogP contribution in [0.4, 0.5) is 20.6 Å². The van der Waals surface area contributed by atoms with Gasteiger partial charge in [0.1, 0.15) is 5.82 Å². The molecule has 1 heterocycles. The third-order valence-electron chi connectivity index (χ3n) is 4.30. The van der Waals surface area contributed by atoms with Crippen LogP contribution >= 0.6 is 0 Å². The zero-order chi connectivity index (χ0) is 18.5. The quantitative estimate of drug-likeness (QED) is 0.858. The molecule has 1 aliphatic rings. The molecule has 2 amide bonds. The fraction of sp³-hybridized carbons (Fsp3) is 0.263. The molecular formula is C19H20FN3O3. The Kier molecular flexibility index (Phi) is 5.36. The van der Waals surface area contributed by atoms with Gasteiger partial charge in [-0.15, -0.1) is 0 Å². The van der Waals surface area contributed by atoms with E-state index in [9.17, 15) is 14.0 Å². The van der Waals surface area contributed by atoms with Gasteiger partial charge in [0.25, 0.3) is 0 Å². The molecular weight excluding hydrogens is 337 g/mol. The van der Waals surface area contributed by atoms with Crippen molar-refractivity contribution in [2.45, 2.75) is 0 Å². The zero-order valence-electron chi connectivity index (χ0n) is 14.4. The van der Waals surface area contributed by atoms with Gasteiger partial charge in [-0.1, -0.05) is 6.07 Å². The number of nitrogens with zero attached hydrogens (tertiary/aromatic N) is 2. The van der Waals surface area contributed by atoms with Gasteiger partial charge in [0.05, 0.1) is 12.7 Å². The van der Waals surface area contributed by atoms with Crippen molar-refractivity contribution in [1.82, 2.24) is 4.90 Å². The number of carbonyl (C=O) groups is 2. The van der Waals surface area contributed by atoms with E-state index in [0.29, 0.717) is 37.4 Å². The molecule has 2 aromatic carbocycles. The molecule has 0 radical (unpaired) electrons. The lowest BCUT2D eigenvalue weighted by Crippen LogP contribution is -2.50. The highest BCUT2D eigenvalue weighted by molar-refractivity contribution is 5.90. The van der Waals surface area contributed by atoms with Crippen LogP contribution < -0.4 is 10.2 Å². The first kappa shape index (κ1) is 17.7. The molecule has 7 heteroatoms. The van der Waals surface area contributed by atoms with Gasteiger partial charge in [-0.05, 0) is 42.5 Å². The summed E-state index contributed by atoms with van der Waals surface area (Å²) >= 11 is 0. The number of rotatable bonds is 3. The summed E-state index contributed by atoms with van der Waals surface area (Å²) in [5.74, 6) is -0.751. The Morgan fingerprint density at radius 3 is 2.35 bits per heavy atom. The monoisotopic (exact) mass is 357 g/mol. The number of piperazine rings is 1. The molecule has 0 unspecified atom stereocenters. The van der Waals surface area contributed by atoms with Crippen LogP contribution in [0.1, 0.15) is 10.4 Å². The number of ether oxygens (including phenoxy) is 1. The summed E-state index contributed by atoms with van der Waals surface area (Å²) in [6, 6.07) is 12.8. The number of urea groups is 1. The first-order valence-corrected chi connectivity index (χ1v) is 8.31. The predicted molar refractivity (Wildman–Crippen MR) is 97.0 cm³/mol. The molecule has 1 saturated heterocycles. The van der Waals surface area contributed by atoms with E-state index < -0.39 is 0 Å². The minimum atomic E-state index is -0.386. The maximum atomic E-state index is 13.2. The minimum absolute atomic E-state index is 0.240. The summed E-state index contributed by atoms with van der Waals surface area (Å²) in [6.45, 7) is 2.46. The number of hydrogen-bond donors (Lipinski definition) is 1. The summed E-state index contributed by atoms with van der Waals surface area (Å²) < 4.78 is 17.9. The fourth-order valence-electron chi connectivity index (χ4n) is 2.86. The number of anilines is 2. The van der Waals surface area contributed by atoms with Gasteiger partial charge < -0.3 is 19.9 Å². The molecule has 6 nitrogen and oxygen atoms in total. The Bertz CT molecular complexity index is 787. The van der Waals surface area contributed by atoms with Crippen molar-refractivity contribution in [3.63, 3.8) is 0 Å². The topological polar surface area (TPSA) is 61.9 Å². The maximum Gasteiger partial charge on any atom is 0.337 e. The van der Waals surface area contributed by atoms with Gasteiger partial charge in [-0.2, -0.15) is 0 Å². The van der Waals surface area contributed by atoms with Crippen LogP contribution in [0.2, 0.25) is 0 Å².